The smallest absolute Gasteiger partial charge is 0.320 e. The van der Waals surface area contributed by atoms with E-state index in [1.54, 1.807) is 49.8 Å². The van der Waals surface area contributed by atoms with Gasteiger partial charge in [0.25, 0.3) is 5.95 Å². The molecule has 0 saturated carbocycles. The third kappa shape index (κ3) is 4.04. The molecule has 0 aliphatic heterocycles. The van der Waals surface area contributed by atoms with Crippen LogP contribution in [-0.4, -0.2) is 45.5 Å². The molecular weight excluding hydrogens is 396 g/mol. The summed E-state index contributed by atoms with van der Waals surface area (Å²) in [6, 6.07) is 5.83. The number of anilines is 1. The van der Waals surface area contributed by atoms with Crippen LogP contribution in [0.25, 0.3) is 11.8 Å². The Bertz CT molecular complexity index is 1110. The minimum absolute atomic E-state index is 0.362. The molecule has 0 aliphatic rings. The van der Waals surface area contributed by atoms with Crippen LogP contribution in [0, 0.1) is 0 Å². The van der Waals surface area contributed by atoms with Gasteiger partial charge in [-0.1, -0.05) is 11.6 Å². The Morgan fingerprint density at radius 3 is 2.62 bits per heavy atom. The summed E-state index contributed by atoms with van der Waals surface area (Å²) in [5.74, 6) is 1.81. The SMILES string of the molecule is C[C@H](NC(=O)Nc1ccnn1-c1ccc(Cl)cn1)c1ncnn1-c1ncccn1. The molecule has 11 nitrogen and oxygen atoms in total. The topological polar surface area (TPSA) is 128 Å². The number of halogens is 1. The maximum Gasteiger partial charge on any atom is 0.320 e. The van der Waals surface area contributed by atoms with Gasteiger partial charge in [0.05, 0.1) is 17.3 Å². The molecule has 0 saturated heterocycles. The molecule has 4 aromatic heterocycles. The maximum absolute atomic E-state index is 12.5. The number of aromatic nitrogens is 8. The summed E-state index contributed by atoms with van der Waals surface area (Å²) < 4.78 is 2.95. The lowest BCUT2D eigenvalue weighted by Gasteiger charge is -2.15. The monoisotopic (exact) mass is 410 g/mol. The second-order valence-electron chi connectivity index (χ2n) is 5.86. The van der Waals surface area contributed by atoms with Crippen LogP contribution in [0.2, 0.25) is 5.02 Å². The van der Waals surface area contributed by atoms with Gasteiger partial charge >= 0.3 is 6.03 Å². The number of nitrogens with zero attached hydrogens (tertiary/aromatic N) is 8. The van der Waals surface area contributed by atoms with E-state index in [1.165, 1.54) is 21.9 Å². The fraction of sp³-hybridized carbons (Fsp3) is 0.118. The molecule has 4 heterocycles. The molecule has 0 radical (unpaired) electrons. The summed E-state index contributed by atoms with van der Waals surface area (Å²) >= 11 is 5.87. The second-order valence-corrected chi connectivity index (χ2v) is 6.30. The van der Waals surface area contributed by atoms with Crippen LogP contribution in [-0.2, 0) is 0 Å². The normalized spacial score (nSPS) is 11.8. The standard InChI is InChI=1S/C17H15ClN10O/c1-11(15-22-10-24-28(15)16-19-6-2-7-20-16)25-17(29)26-14-5-8-23-27(14)13-4-3-12(18)9-21-13/h2-11H,1H3,(H2,25,26,29)/t11-/m0/s1. The Hall–Kier alpha value is -3.86. The molecular formula is C17H15ClN10O. The van der Waals surface area contributed by atoms with Crippen molar-refractivity contribution in [2.75, 3.05) is 5.32 Å². The van der Waals surface area contributed by atoms with E-state index in [9.17, 15) is 4.79 Å². The van der Waals surface area contributed by atoms with Crippen molar-refractivity contribution < 1.29 is 4.79 Å². The van der Waals surface area contributed by atoms with Gasteiger partial charge in [-0.15, -0.1) is 0 Å². The van der Waals surface area contributed by atoms with E-state index in [1.807, 2.05) is 0 Å². The molecule has 0 spiro atoms. The van der Waals surface area contributed by atoms with Crippen LogP contribution >= 0.6 is 11.6 Å². The molecule has 146 valence electrons. The number of amides is 2. The first-order chi connectivity index (χ1) is 14.1. The van der Waals surface area contributed by atoms with Crippen molar-refractivity contribution in [1.29, 1.82) is 0 Å². The molecule has 2 N–H and O–H groups in total. The third-order valence-corrected chi connectivity index (χ3v) is 4.09. The Morgan fingerprint density at radius 1 is 1.03 bits per heavy atom. The first-order valence-corrected chi connectivity index (χ1v) is 8.90. The average molecular weight is 411 g/mol. The van der Waals surface area contributed by atoms with Crippen LogP contribution in [0.3, 0.4) is 0 Å². The number of nitrogens with one attached hydrogen (secondary N) is 2. The summed E-state index contributed by atoms with van der Waals surface area (Å²) in [6.07, 6.45) is 7.64. The average Bonchev–Trinajstić information content (AvgIpc) is 3.39. The lowest BCUT2D eigenvalue weighted by molar-refractivity contribution is 0.248. The van der Waals surface area contributed by atoms with Crippen LogP contribution in [0.4, 0.5) is 10.6 Å². The largest absolute Gasteiger partial charge is 0.328 e. The first-order valence-electron chi connectivity index (χ1n) is 8.52. The lowest BCUT2D eigenvalue weighted by atomic mass is 10.3. The highest BCUT2D eigenvalue weighted by Crippen LogP contribution is 2.16. The Labute approximate surface area is 169 Å². The van der Waals surface area contributed by atoms with Crippen molar-refractivity contribution in [2.24, 2.45) is 0 Å². The van der Waals surface area contributed by atoms with Gasteiger partial charge in [-0.3, -0.25) is 5.32 Å². The van der Waals surface area contributed by atoms with Crippen molar-refractivity contribution in [2.45, 2.75) is 13.0 Å². The Kier molecular flexibility index (Phi) is 5.12. The molecule has 29 heavy (non-hydrogen) atoms. The third-order valence-electron chi connectivity index (χ3n) is 3.86. The first kappa shape index (κ1) is 18.5. The Balaban J connectivity index is 1.47. The van der Waals surface area contributed by atoms with E-state index >= 15 is 0 Å². The van der Waals surface area contributed by atoms with E-state index in [0.29, 0.717) is 28.4 Å². The summed E-state index contributed by atoms with van der Waals surface area (Å²) in [5.41, 5.74) is 0. The number of urea groups is 1. The van der Waals surface area contributed by atoms with Gasteiger partial charge in [0.1, 0.15) is 12.1 Å². The fourth-order valence-corrected chi connectivity index (χ4v) is 2.70. The van der Waals surface area contributed by atoms with E-state index < -0.39 is 12.1 Å². The quantitative estimate of drug-likeness (QED) is 0.515. The molecule has 0 unspecified atom stereocenters. The van der Waals surface area contributed by atoms with Crippen LogP contribution in [0.15, 0.2) is 55.4 Å². The van der Waals surface area contributed by atoms with E-state index in [4.69, 9.17) is 11.6 Å². The molecule has 1 atom stereocenters. The zero-order valence-corrected chi connectivity index (χ0v) is 15.9. The highest BCUT2D eigenvalue weighted by atomic mass is 35.5. The molecule has 0 aromatic carbocycles. The predicted octanol–water partition coefficient (Wildman–Crippen LogP) is 2.17. The minimum Gasteiger partial charge on any atom is -0.328 e. The molecule has 0 bridgehead atoms. The van der Waals surface area contributed by atoms with Crippen molar-refractivity contribution in [3.8, 4) is 11.8 Å². The van der Waals surface area contributed by atoms with Gasteiger partial charge in [-0.05, 0) is 25.1 Å². The van der Waals surface area contributed by atoms with Gasteiger partial charge < -0.3 is 5.32 Å². The number of hydrogen-bond donors (Lipinski definition) is 2. The van der Waals surface area contributed by atoms with Gasteiger partial charge in [0.2, 0.25) is 0 Å². The van der Waals surface area contributed by atoms with Gasteiger partial charge in [-0.25, -0.2) is 24.7 Å². The van der Waals surface area contributed by atoms with Gasteiger partial charge in [0.15, 0.2) is 11.6 Å². The lowest BCUT2D eigenvalue weighted by Crippen LogP contribution is -2.33. The number of pyridine rings is 1. The fourth-order valence-electron chi connectivity index (χ4n) is 2.59. The van der Waals surface area contributed by atoms with Crippen molar-refractivity contribution in [3.05, 3.63) is 66.2 Å². The van der Waals surface area contributed by atoms with Crippen LogP contribution in [0.1, 0.15) is 18.8 Å². The zero-order chi connectivity index (χ0) is 20.2. The summed E-state index contributed by atoms with van der Waals surface area (Å²) in [5, 5.41) is 14.4. The van der Waals surface area contributed by atoms with E-state index in [2.05, 4.69) is 40.8 Å². The summed E-state index contributed by atoms with van der Waals surface area (Å²) in [6.45, 7) is 1.78. The van der Waals surface area contributed by atoms with Crippen LogP contribution in [0.5, 0.6) is 0 Å². The number of rotatable bonds is 5. The van der Waals surface area contributed by atoms with E-state index in [-0.39, 0.29) is 0 Å². The molecule has 12 heteroatoms. The maximum atomic E-state index is 12.5. The van der Waals surface area contributed by atoms with Crippen molar-refractivity contribution in [3.63, 3.8) is 0 Å². The highest BCUT2D eigenvalue weighted by molar-refractivity contribution is 6.30. The molecule has 4 aromatic rings. The van der Waals surface area contributed by atoms with Gasteiger partial charge in [-0.2, -0.15) is 19.6 Å². The number of hydrogen-bond acceptors (Lipinski definition) is 7. The van der Waals surface area contributed by atoms with Crippen molar-refractivity contribution in [1.82, 2.24) is 44.8 Å². The summed E-state index contributed by atoms with van der Waals surface area (Å²) in [4.78, 5) is 29.2. The van der Waals surface area contributed by atoms with Crippen molar-refractivity contribution >= 4 is 23.4 Å². The molecule has 2 amide bonds. The second kappa shape index (κ2) is 8.02. The van der Waals surface area contributed by atoms with E-state index in [0.717, 1.165) is 0 Å². The van der Waals surface area contributed by atoms with Gasteiger partial charge in [0, 0.05) is 24.7 Å². The minimum atomic E-state index is -0.466. The zero-order valence-electron chi connectivity index (χ0n) is 15.1. The molecule has 0 fully saturated rings. The number of carbonyl (C=O) groups excluding carboxylic acids is 1. The Morgan fingerprint density at radius 2 is 1.86 bits per heavy atom. The molecule has 0 aliphatic carbocycles. The summed E-state index contributed by atoms with van der Waals surface area (Å²) in [7, 11) is 0. The molecule has 4 rings (SSSR count). The number of carbonyl (C=O) groups is 1. The van der Waals surface area contributed by atoms with Crippen LogP contribution < -0.4 is 10.6 Å². The highest BCUT2D eigenvalue weighted by Gasteiger charge is 2.19. The predicted molar refractivity (Wildman–Crippen MR) is 104 cm³/mol.